The number of benzene rings is 2. The van der Waals surface area contributed by atoms with Crippen molar-refractivity contribution in [2.45, 2.75) is 38.1 Å². The predicted octanol–water partition coefficient (Wildman–Crippen LogP) is 4.80. The van der Waals surface area contributed by atoms with Crippen LogP contribution in [-0.4, -0.2) is 18.4 Å². The van der Waals surface area contributed by atoms with Gasteiger partial charge in [0.05, 0.1) is 5.56 Å². The van der Waals surface area contributed by atoms with E-state index in [-0.39, 0.29) is 18.2 Å². The summed E-state index contributed by atoms with van der Waals surface area (Å²) in [4.78, 5) is 26.8. The predicted molar refractivity (Wildman–Crippen MR) is 131 cm³/mol. The van der Waals surface area contributed by atoms with Crippen LogP contribution in [0.4, 0.5) is 10.7 Å². The lowest BCUT2D eigenvalue weighted by Gasteiger charge is -2.19. The molecule has 0 saturated heterocycles. The minimum Gasteiger partial charge on any atom is -0.324 e. The third-order valence-corrected chi connectivity index (χ3v) is 6.88. The van der Waals surface area contributed by atoms with Crippen molar-refractivity contribution in [3.05, 3.63) is 82.2 Å². The van der Waals surface area contributed by atoms with Crippen LogP contribution in [0.2, 0.25) is 0 Å². The highest BCUT2D eigenvalue weighted by molar-refractivity contribution is 7.16. The Morgan fingerprint density at radius 3 is 2.39 bits per heavy atom. The topological polar surface area (TPSA) is 94.0 Å². The van der Waals surface area contributed by atoms with Crippen LogP contribution in [0.1, 0.15) is 46.9 Å². The first kappa shape index (κ1) is 22.7. The lowest BCUT2D eigenvalue weighted by Crippen LogP contribution is -2.34. The molecule has 0 saturated carbocycles. The number of hydrogen-bond donors (Lipinski definition) is 3. The first-order chi connectivity index (χ1) is 16.2. The second-order valence-corrected chi connectivity index (χ2v) is 9.08. The molecule has 2 aromatic carbocycles. The molecule has 1 aromatic heterocycles. The summed E-state index contributed by atoms with van der Waals surface area (Å²) >= 11 is 1.52. The summed E-state index contributed by atoms with van der Waals surface area (Å²) in [5.74, 6) is -0.363. The van der Waals surface area contributed by atoms with Crippen molar-refractivity contribution in [1.29, 1.82) is 5.26 Å². The lowest BCUT2D eigenvalue weighted by atomic mass is 9.96. The summed E-state index contributed by atoms with van der Waals surface area (Å²) in [5, 5.41) is 19.3. The van der Waals surface area contributed by atoms with Gasteiger partial charge in [-0.25, -0.2) is 0 Å². The van der Waals surface area contributed by atoms with Gasteiger partial charge in [0.25, 0.3) is 0 Å². The number of fused-ring (bicyclic) bond motifs is 1. The van der Waals surface area contributed by atoms with Gasteiger partial charge in [-0.05, 0) is 48.9 Å². The van der Waals surface area contributed by atoms with E-state index in [1.807, 2.05) is 60.7 Å². The third kappa shape index (κ3) is 5.67. The number of amides is 2. The molecule has 0 spiro atoms. The normalized spacial score (nSPS) is 13.4. The van der Waals surface area contributed by atoms with Gasteiger partial charge in [-0.15, -0.1) is 11.3 Å². The summed E-state index contributed by atoms with van der Waals surface area (Å²) < 4.78 is 0. The van der Waals surface area contributed by atoms with Crippen molar-refractivity contribution < 1.29 is 9.59 Å². The third-order valence-electron chi connectivity index (χ3n) is 5.67. The maximum atomic E-state index is 13.0. The van der Waals surface area contributed by atoms with Gasteiger partial charge in [0.1, 0.15) is 17.1 Å². The number of anilines is 2. The smallest absolute Gasteiger partial charge is 0.246 e. The quantitative estimate of drug-likeness (QED) is 0.452. The van der Waals surface area contributed by atoms with E-state index >= 15 is 0 Å². The summed E-state index contributed by atoms with van der Waals surface area (Å²) in [6.45, 7) is 0.320. The summed E-state index contributed by atoms with van der Waals surface area (Å²) in [6.07, 6.45) is 4.28. The van der Waals surface area contributed by atoms with Crippen LogP contribution in [0, 0.1) is 11.3 Å². The van der Waals surface area contributed by atoms with Crippen LogP contribution in [0.5, 0.6) is 0 Å². The van der Waals surface area contributed by atoms with Gasteiger partial charge in [0, 0.05) is 23.5 Å². The Morgan fingerprint density at radius 1 is 0.970 bits per heavy atom. The molecule has 0 aliphatic heterocycles. The molecule has 0 bridgehead atoms. The van der Waals surface area contributed by atoms with Crippen LogP contribution in [0.25, 0.3) is 0 Å². The molecule has 6 nitrogen and oxygen atoms in total. The highest BCUT2D eigenvalue weighted by atomic mass is 32.1. The van der Waals surface area contributed by atoms with E-state index < -0.39 is 6.04 Å². The minimum absolute atomic E-state index is 0.173. The standard InChI is InChI=1S/C26H26N4O2S/c27-17-21-20-13-7-8-14-22(20)33-26(21)30-23(31)15-16-28-24(18-9-3-1-4-10-18)25(32)29-19-11-5-2-6-12-19/h1-6,9-12,24,28H,7-8,13-16H2,(H,29,32)(H,30,31). The van der Waals surface area contributed by atoms with Gasteiger partial charge >= 0.3 is 0 Å². The number of para-hydroxylation sites is 1. The number of nitrogens with zero attached hydrogens (tertiary/aromatic N) is 1. The molecule has 3 aromatic rings. The number of rotatable bonds is 8. The number of thiophene rings is 1. The molecule has 1 atom stereocenters. The van der Waals surface area contributed by atoms with Crippen molar-refractivity contribution in [1.82, 2.24) is 5.32 Å². The average Bonchev–Trinajstić information content (AvgIpc) is 3.19. The Morgan fingerprint density at radius 2 is 1.67 bits per heavy atom. The van der Waals surface area contributed by atoms with Gasteiger partial charge in [-0.1, -0.05) is 48.5 Å². The van der Waals surface area contributed by atoms with E-state index in [2.05, 4.69) is 22.0 Å². The molecule has 0 fully saturated rings. The highest BCUT2D eigenvalue weighted by Gasteiger charge is 2.23. The molecule has 2 amide bonds. The van der Waals surface area contributed by atoms with Crippen molar-refractivity contribution in [2.75, 3.05) is 17.2 Å². The molecule has 33 heavy (non-hydrogen) atoms. The summed E-state index contributed by atoms with van der Waals surface area (Å²) in [5.41, 5.74) is 3.25. The molecular formula is C26H26N4O2S. The van der Waals surface area contributed by atoms with Crippen LogP contribution >= 0.6 is 11.3 Å². The second kappa shape index (κ2) is 10.9. The van der Waals surface area contributed by atoms with Crippen LogP contribution in [0.3, 0.4) is 0 Å². The molecule has 1 unspecified atom stereocenters. The minimum atomic E-state index is -0.595. The number of carbonyl (C=O) groups excluding carboxylic acids is 2. The highest BCUT2D eigenvalue weighted by Crippen LogP contribution is 2.37. The molecule has 0 radical (unpaired) electrons. The number of nitriles is 1. The zero-order valence-electron chi connectivity index (χ0n) is 18.3. The number of nitrogens with one attached hydrogen (secondary N) is 3. The van der Waals surface area contributed by atoms with Crippen LogP contribution in [-0.2, 0) is 22.4 Å². The van der Waals surface area contributed by atoms with E-state index in [1.54, 1.807) is 0 Å². The lowest BCUT2D eigenvalue weighted by molar-refractivity contribution is -0.119. The fourth-order valence-corrected chi connectivity index (χ4v) is 5.29. The Hall–Kier alpha value is -3.47. The van der Waals surface area contributed by atoms with Gasteiger partial charge in [-0.3, -0.25) is 9.59 Å². The van der Waals surface area contributed by atoms with E-state index in [0.29, 0.717) is 22.8 Å². The SMILES string of the molecule is N#Cc1c(NC(=O)CCNC(C(=O)Nc2ccccc2)c2ccccc2)sc2c1CCCC2. The van der Waals surface area contributed by atoms with Crippen LogP contribution in [0.15, 0.2) is 60.7 Å². The monoisotopic (exact) mass is 458 g/mol. The number of hydrogen-bond acceptors (Lipinski definition) is 5. The maximum Gasteiger partial charge on any atom is 0.246 e. The van der Waals surface area contributed by atoms with Crippen molar-refractivity contribution in [3.63, 3.8) is 0 Å². The van der Waals surface area contributed by atoms with E-state index in [4.69, 9.17) is 0 Å². The molecule has 168 valence electrons. The number of carbonyl (C=O) groups is 2. The summed E-state index contributed by atoms with van der Waals surface area (Å²) in [7, 11) is 0. The molecule has 3 N–H and O–H groups in total. The zero-order valence-corrected chi connectivity index (χ0v) is 19.1. The average molecular weight is 459 g/mol. The van der Waals surface area contributed by atoms with Gasteiger partial charge in [0.2, 0.25) is 11.8 Å². The first-order valence-electron chi connectivity index (χ1n) is 11.1. The van der Waals surface area contributed by atoms with Crippen LogP contribution < -0.4 is 16.0 Å². The molecule has 1 heterocycles. The van der Waals surface area contributed by atoms with Crippen molar-refractivity contribution in [3.8, 4) is 6.07 Å². The van der Waals surface area contributed by atoms with Gasteiger partial charge in [0.15, 0.2) is 0 Å². The molecular weight excluding hydrogens is 432 g/mol. The first-order valence-corrected chi connectivity index (χ1v) is 12.0. The zero-order chi connectivity index (χ0) is 23.0. The fraction of sp³-hybridized carbons (Fsp3) is 0.269. The Bertz CT molecular complexity index is 1150. The maximum absolute atomic E-state index is 13.0. The Kier molecular flexibility index (Phi) is 7.51. The fourth-order valence-electron chi connectivity index (χ4n) is 4.03. The second-order valence-electron chi connectivity index (χ2n) is 7.98. The largest absolute Gasteiger partial charge is 0.324 e. The molecule has 4 rings (SSSR count). The molecule has 7 heteroatoms. The summed E-state index contributed by atoms with van der Waals surface area (Å²) in [6, 6.07) is 20.4. The van der Waals surface area contributed by atoms with Crippen molar-refractivity contribution >= 4 is 33.8 Å². The van der Waals surface area contributed by atoms with E-state index in [1.165, 1.54) is 16.2 Å². The number of aryl methyl sites for hydroxylation is 1. The van der Waals surface area contributed by atoms with Gasteiger partial charge < -0.3 is 16.0 Å². The van der Waals surface area contributed by atoms with E-state index in [9.17, 15) is 14.9 Å². The van der Waals surface area contributed by atoms with Gasteiger partial charge in [-0.2, -0.15) is 5.26 Å². The Labute approximate surface area is 197 Å². The molecule has 1 aliphatic rings. The van der Waals surface area contributed by atoms with E-state index in [0.717, 1.165) is 36.8 Å². The molecule has 1 aliphatic carbocycles. The Balaban J connectivity index is 1.38. The van der Waals surface area contributed by atoms with Crippen molar-refractivity contribution in [2.24, 2.45) is 0 Å².